The molecule has 6 N–H and O–H groups in total. The summed E-state index contributed by atoms with van der Waals surface area (Å²) in [5, 5.41) is 22.6. The Kier molecular flexibility index (Phi) is 91.6. The van der Waals surface area contributed by atoms with Gasteiger partial charge in [0, 0.05) is 64.5 Å². The van der Waals surface area contributed by atoms with Gasteiger partial charge >= 0.3 is 77.0 Å². The molecule has 0 spiro atoms. The van der Waals surface area contributed by atoms with Crippen LogP contribution in [0.15, 0.2) is 48.6 Å². The number of hydrogen-bond acceptors (Lipinski definition) is 21. The second-order valence-corrected chi connectivity index (χ2v) is 37.6. The maximum atomic E-state index is 14.2. The summed E-state index contributed by atoms with van der Waals surface area (Å²) in [5.74, 6) is -5.12. The fourth-order valence-electron chi connectivity index (χ4n) is 14.8. The third-order valence-electron chi connectivity index (χ3n) is 22.6. The molecule has 0 aromatic heterocycles. The standard InChI is InChI=1S/C100H181N5O22P2.2Na/c1-7-13-19-25-29-33-35-39-41-47-53-62-94(107)104-87(82-119-76-71-90(59-51-45-23-17-11-5)126-97(111)65-55-49-43-37-31-27-21-15-9-3)84-124-128(115,116)122-79-74-102-99(113)92(81-86-67-69-89(70-68-86)121-78-73-101-93(106)61-57-58-64-96(109)110)100(114)103-75-80-123-129(117,118)125-85-88(105-95(108)63-54-48-42-40-36-34-30-26-20-14-8-2)83-120-77-72-91(60-52-46-24-18-12-6)127-98(112)66-56-50-44-38-32-28-22-16-10-4;;/h37-38,43-44,67-70,87-88,90-92H,7-36,39-42,45-66,71-85H2,1-6H3,(H,101,106)(H,102,113)(H,103,114)(H,104,107)(H,105,108)(H,109,110)(H,115,116)(H,117,118);;/q;2*+1/p-2/b43-37-,44-38-;;/t87?,88?,90-,91-,92?;;/m1../s1. The Morgan fingerprint density at radius 2 is 0.672 bits per heavy atom. The zero-order chi connectivity index (χ0) is 94.4. The van der Waals surface area contributed by atoms with Crippen LogP contribution in [0.5, 0.6) is 5.75 Å². The third-order valence-corrected chi connectivity index (χ3v) is 24.5. The van der Waals surface area contributed by atoms with Crippen LogP contribution < -0.4 is 100 Å². The van der Waals surface area contributed by atoms with E-state index < -0.39 is 103 Å². The van der Waals surface area contributed by atoms with E-state index in [2.05, 4.69) is 92.4 Å². The van der Waals surface area contributed by atoms with Crippen molar-refractivity contribution < 1.29 is 163 Å². The number of unbranched alkanes of at least 4 members (excludes halogenated alkanes) is 39. The number of esters is 2. The molecule has 0 saturated heterocycles. The van der Waals surface area contributed by atoms with Gasteiger partial charge in [-0.3, -0.25) is 47.5 Å². The number of carbonyl (C=O) groups excluding carboxylic acids is 7. The molecule has 0 fully saturated rings. The first-order valence-electron chi connectivity index (χ1n) is 51.0. The number of phosphoric ester groups is 2. The van der Waals surface area contributed by atoms with Crippen LogP contribution in [0.2, 0.25) is 0 Å². The molecule has 748 valence electrons. The van der Waals surface area contributed by atoms with Gasteiger partial charge < -0.3 is 83.3 Å². The predicted molar refractivity (Wildman–Crippen MR) is 510 cm³/mol. The van der Waals surface area contributed by atoms with Gasteiger partial charge in [-0.1, -0.05) is 296 Å². The predicted octanol–water partition coefficient (Wildman–Crippen LogP) is 15.4. The summed E-state index contributed by atoms with van der Waals surface area (Å²) < 4.78 is 78.3. The Morgan fingerprint density at radius 3 is 1.05 bits per heavy atom. The van der Waals surface area contributed by atoms with Crippen molar-refractivity contribution >= 4 is 63.1 Å². The molecule has 0 aliphatic carbocycles. The zero-order valence-electron chi connectivity index (χ0n) is 83.1. The molecule has 0 radical (unpaired) electrons. The number of phosphoric acid groups is 2. The summed E-state index contributed by atoms with van der Waals surface area (Å²) in [6.07, 6.45) is 60.9. The number of benzene rings is 1. The number of carbonyl (C=O) groups is 8. The minimum atomic E-state index is -5.14. The third kappa shape index (κ3) is 84.2. The number of rotatable bonds is 95. The number of allylic oxidation sites excluding steroid dienone is 4. The van der Waals surface area contributed by atoms with Crippen molar-refractivity contribution in [3.63, 3.8) is 0 Å². The molecule has 5 amide bonds. The van der Waals surface area contributed by atoms with Crippen molar-refractivity contribution in [1.29, 1.82) is 0 Å². The Bertz CT molecular complexity index is 2950. The van der Waals surface area contributed by atoms with Crippen molar-refractivity contribution in [2.75, 3.05) is 79.1 Å². The average Bonchev–Trinajstić information content (AvgIpc) is 0.858. The van der Waals surface area contributed by atoms with Crippen LogP contribution in [0.1, 0.15) is 420 Å². The summed E-state index contributed by atoms with van der Waals surface area (Å²) in [6.45, 7) is 10.2. The first kappa shape index (κ1) is 129. The Labute approximate surface area is 836 Å². The van der Waals surface area contributed by atoms with E-state index in [0.29, 0.717) is 88.4 Å². The van der Waals surface area contributed by atoms with Crippen LogP contribution in [0.4, 0.5) is 0 Å². The van der Waals surface area contributed by atoms with E-state index in [1.54, 1.807) is 24.3 Å². The molecule has 0 saturated carbocycles. The molecule has 4 unspecified atom stereocenters. The van der Waals surface area contributed by atoms with E-state index in [9.17, 15) is 57.3 Å². The molecule has 27 nitrogen and oxygen atoms in total. The Morgan fingerprint density at radius 1 is 0.351 bits per heavy atom. The van der Waals surface area contributed by atoms with Gasteiger partial charge in [-0.2, -0.15) is 0 Å². The summed E-state index contributed by atoms with van der Waals surface area (Å²) in [5.41, 5.74) is 0.487. The second kappa shape index (κ2) is 92.7. The number of amides is 5. The molecule has 131 heavy (non-hydrogen) atoms. The summed E-state index contributed by atoms with van der Waals surface area (Å²) in [7, 11) is -10.3. The van der Waals surface area contributed by atoms with Crippen LogP contribution in [-0.4, -0.2) is 156 Å². The van der Waals surface area contributed by atoms with Gasteiger partial charge in [-0.25, -0.2) is 0 Å². The molecular formula is C100H179N5Na2O22P2. The maximum Gasteiger partial charge on any atom is 1.00 e. The number of hydrogen-bond donors (Lipinski definition) is 6. The largest absolute Gasteiger partial charge is 1.00 e. The SMILES string of the molecule is CCCCCC/C=C\CCCC(=O)O[C@H](CCCCCCC)CCOCC(COP(=O)([O-])OCCNC(=O)C(Cc1ccc(OCCNC(=O)CCCCC(=O)O)cc1)C(=O)NCCOP(=O)([O-])OCC(COCC[C@@H](CCCCCCC)OC(=O)CCC/C=C\CCCCCC)NC(=O)CCCCCCCCCCCCC)NC(=O)CCCCCCCCCCCCC.[Na+].[Na+]. The van der Waals surface area contributed by atoms with Crippen LogP contribution in [0.3, 0.4) is 0 Å². The van der Waals surface area contributed by atoms with E-state index >= 15 is 0 Å². The second-order valence-electron chi connectivity index (χ2n) is 34.8. The van der Waals surface area contributed by atoms with Gasteiger partial charge in [0.2, 0.25) is 29.5 Å². The van der Waals surface area contributed by atoms with E-state index in [0.717, 1.165) is 154 Å². The molecule has 0 heterocycles. The quantitative estimate of drug-likeness (QED) is 0.00881. The number of aliphatic carboxylic acids is 1. The van der Waals surface area contributed by atoms with Gasteiger partial charge in [-0.15, -0.1) is 0 Å². The van der Waals surface area contributed by atoms with Crippen molar-refractivity contribution in [1.82, 2.24) is 26.6 Å². The zero-order valence-corrected chi connectivity index (χ0v) is 88.9. The van der Waals surface area contributed by atoms with Crippen molar-refractivity contribution in [3.05, 3.63) is 54.1 Å². The maximum absolute atomic E-state index is 14.2. The molecule has 0 aliphatic rings. The molecule has 31 heteroatoms. The molecule has 6 atom stereocenters. The van der Waals surface area contributed by atoms with Crippen molar-refractivity contribution in [2.45, 2.75) is 445 Å². The van der Waals surface area contributed by atoms with E-state index in [1.165, 1.54) is 116 Å². The number of carboxylic acids is 1. The van der Waals surface area contributed by atoms with Gasteiger partial charge in [0.1, 0.15) is 30.5 Å². The Balaban J connectivity index is 0. The van der Waals surface area contributed by atoms with Crippen LogP contribution >= 0.6 is 15.6 Å². The van der Waals surface area contributed by atoms with E-state index in [-0.39, 0.29) is 160 Å². The minimum Gasteiger partial charge on any atom is -0.756 e. The topological polar surface area (TPSA) is 380 Å². The monoisotopic (exact) mass is 1910 g/mol. The van der Waals surface area contributed by atoms with E-state index in [4.69, 9.17) is 46.9 Å². The van der Waals surface area contributed by atoms with Crippen LogP contribution in [0.25, 0.3) is 0 Å². The van der Waals surface area contributed by atoms with Crippen LogP contribution in [0, 0.1) is 5.92 Å². The van der Waals surface area contributed by atoms with Crippen LogP contribution in [-0.2, 0) is 90.9 Å². The first-order valence-corrected chi connectivity index (χ1v) is 53.9. The average molecular weight is 1910 g/mol. The smallest absolute Gasteiger partial charge is 0.756 e. The number of carboxylic acid groups (broad SMARTS) is 1. The van der Waals surface area contributed by atoms with Gasteiger partial charge in [0.25, 0.3) is 15.6 Å². The molecule has 0 aliphatic heterocycles. The molecule has 1 rings (SSSR count). The minimum absolute atomic E-state index is 0. The van der Waals surface area contributed by atoms with Gasteiger partial charge in [0.05, 0.1) is 71.5 Å². The summed E-state index contributed by atoms with van der Waals surface area (Å²) >= 11 is 0. The Hall–Kier alpha value is -3.60. The van der Waals surface area contributed by atoms with Crippen molar-refractivity contribution in [2.24, 2.45) is 5.92 Å². The normalized spacial score (nSPS) is 13.5. The number of nitrogens with one attached hydrogen (secondary N) is 5. The summed E-state index contributed by atoms with van der Waals surface area (Å²) in [4.78, 5) is 132. The van der Waals surface area contributed by atoms with E-state index in [1.807, 2.05) is 0 Å². The van der Waals surface area contributed by atoms with Crippen molar-refractivity contribution in [3.8, 4) is 5.75 Å². The van der Waals surface area contributed by atoms with Gasteiger partial charge in [-0.05, 0) is 127 Å². The fourth-order valence-corrected chi connectivity index (χ4v) is 16.3. The molecule has 1 aromatic rings. The molecular weight excluding hydrogens is 1730 g/mol. The fraction of sp³-hybridized carbons (Fsp3) is 0.820. The summed E-state index contributed by atoms with van der Waals surface area (Å²) in [6, 6.07) is 4.59. The molecule has 1 aromatic carbocycles. The number of ether oxygens (including phenoxy) is 5. The van der Waals surface area contributed by atoms with Gasteiger partial charge in [0.15, 0.2) is 0 Å². The first-order chi connectivity index (χ1) is 62.6. The molecule has 0 bridgehead atoms.